The summed E-state index contributed by atoms with van der Waals surface area (Å²) in [6.45, 7) is 4.69. The molecular formula is C27H29ClN2O2. The second-order valence-electron chi connectivity index (χ2n) is 8.36. The molecule has 0 spiro atoms. The van der Waals surface area contributed by atoms with Crippen molar-refractivity contribution < 1.29 is 9.53 Å². The summed E-state index contributed by atoms with van der Waals surface area (Å²) in [6.07, 6.45) is 3.66. The van der Waals surface area contributed by atoms with Crippen LogP contribution in [0.25, 0.3) is 11.1 Å². The molecule has 4 nitrogen and oxygen atoms in total. The molecule has 4 rings (SSSR count). The van der Waals surface area contributed by atoms with Crippen molar-refractivity contribution in [2.24, 2.45) is 0 Å². The zero-order chi connectivity index (χ0) is 22.3. The normalized spacial score (nSPS) is 14.8. The largest absolute Gasteiger partial charge is 0.484 e. The fraction of sp³-hybridized carbons (Fsp3) is 0.296. The van der Waals surface area contributed by atoms with Crippen molar-refractivity contribution in [2.45, 2.75) is 32.2 Å². The van der Waals surface area contributed by atoms with E-state index in [0.717, 1.165) is 23.2 Å². The summed E-state index contributed by atoms with van der Waals surface area (Å²) in [7, 11) is 0. The number of hydrogen-bond donors (Lipinski definition) is 1. The van der Waals surface area contributed by atoms with E-state index in [4.69, 9.17) is 16.3 Å². The lowest BCUT2D eigenvalue weighted by Gasteiger charge is -2.23. The van der Waals surface area contributed by atoms with Gasteiger partial charge in [-0.25, -0.2) is 0 Å². The number of rotatable bonds is 8. The lowest BCUT2D eigenvalue weighted by Crippen LogP contribution is -2.31. The Bertz CT molecular complexity index is 1010. The van der Waals surface area contributed by atoms with Gasteiger partial charge in [-0.1, -0.05) is 48.0 Å². The number of halogens is 1. The van der Waals surface area contributed by atoms with Crippen LogP contribution in [0, 0.1) is 0 Å². The average molecular weight is 449 g/mol. The number of likely N-dealkylation sites (tertiary alicyclic amines) is 1. The SMILES string of the molecule is CC(Cc1ccc(OCC(=O)Nc2ccc(-c3ccc(Cl)cc3)cc2)cc1)N1CCCC1. The number of carbonyl (C=O) groups is 1. The molecule has 0 saturated carbocycles. The fourth-order valence-corrected chi connectivity index (χ4v) is 4.23. The Hall–Kier alpha value is -2.82. The number of hydrogen-bond acceptors (Lipinski definition) is 3. The van der Waals surface area contributed by atoms with Crippen LogP contribution in [0.4, 0.5) is 5.69 Å². The van der Waals surface area contributed by atoms with Gasteiger partial charge in [-0.3, -0.25) is 4.79 Å². The van der Waals surface area contributed by atoms with Crippen LogP contribution >= 0.6 is 11.6 Å². The molecule has 1 unspecified atom stereocenters. The van der Waals surface area contributed by atoms with Gasteiger partial charge in [0.15, 0.2) is 6.61 Å². The standard InChI is InChI=1S/C27H29ClN2O2/c1-20(30-16-2-3-17-30)18-21-4-14-26(15-5-21)32-19-27(31)29-25-12-8-23(9-13-25)22-6-10-24(28)11-7-22/h4-15,20H,2-3,16-19H2,1H3,(H,29,31). The second-order valence-corrected chi connectivity index (χ2v) is 8.80. The number of amides is 1. The summed E-state index contributed by atoms with van der Waals surface area (Å²) in [5, 5.41) is 3.59. The van der Waals surface area contributed by atoms with Crippen molar-refractivity contribution in [2.75, 3.05) is 25.0 Å². The zero-order valence-corrected chi connectivity index (χ0v) is 19.1. The maximum Gasteiger partial charge on any atom is 0.262 e. The topological polar surface area (TPSA) is 41.6 Å². The molecule has 1 aliphatic rings. The van der Waals surface area contributed by atoms with E-state index >= 15 is 0 Å². The Morgan fingerprint density at radius 1 is 0.938 bits per heavy atom. The number of ether oxygens (including phenoxy) is 1. The van der Waals surface area contributed by atoms with Gasteiger partial charge in [-0.2, -0.15) is 0 Å². The van der Waals surface area contributed by atoms with Crippen LogP contribution in [0.15, 0.2) is 72.8 Å². The number of nitrogens with zero attached hydrogens (tertiary/aromatic N) is 1. The van der Waals surface area contributed by atoms with Crippen molar-refractivity contribution in [1.29, 1.82) is 0 Å². The first-order valence-electron chi connectivity index (χ1n) is 11.2. The molecule has 1 fully saturated rings. The highest BCUT2D eigenvalue weighted by Crippen LogP contribution is 2.23. The molecule has 1 amide bonds. The van der Waals surface area contributed by atoms with Gasteiger partial charge >= 0.3 is 0 Å². The molecule has 3 aromatic carbocycles. The van der Waals surface area contributed by atoms with E-state index < -0.39 is 0 Å². The molecule has 1 heterocycles. The predicted octanol–water partition coefficient (Wildman–Crippen LogP) is 6.05. The highest BCUT2D eigenvalue weighted by molar-refractivity contribution is 6.30. The number of anilines is 1. The Labute approximate surface area is 195 Å². The molecule has 3 aromatic rings. The van der Waals surface area contributed by atoms with Gasteiger partial charge in [0.2, 0.25) is 0 Å². The van der Waals surface area contributed by atoms with E-state index in [0.29, 0.717) is 16.8 Å². The van der Waals surface area contributed by atoms with E-state index in [1.165, 1.54) is 31.5 Å². The lowest BCUT2D eigenvalue weighted by atomic mass is 10.1. The van der Waals surface area contributed by atoms with E-state index in [9.17, 15) is 4.79 Å². The Morgan fingerprint density at radius 2 is 1.53 bits per heavy atom. The predicted molar refractivity (Wildman–Crippen MR) is 131 cm³/mol. The second kappa shape index (κ2) is 10.7. The molecule has 1 saturated heterocycles. The van der Waals surface area contributed by atoms with Gasteiger partial charge in [0.25, 0.3) is 5.91 Å². The summed E-state index contributed by atoms with van der Waals surface area (Å²) in [5.74, 6) is 0.520. The first kappa shape index (κ1) is 22.4. The molecule has 1 aliphatic heterocycles. The molecule has 0 bridgehead atoms. The Kier molecular flexibility index (Phi) is 7.46. The zero-order valence-electron chi connectivity index (χ0n) is 18.4. The van der Waals surface area contributed by atoms with Gasteiger partial charge < -0.3 is 15.0 Å². The minimum Gasteiger partial charge on any atom is -0.484 e. The minimum absolute atomic E-state index is 0.0253. The molecule has 1 N–H and O–H groups in total. The quantitative estimate of drug-likeness (QED) is 0.456. The van der Waals surface area contributed by atoms with Crippen LogP contribution in [-0.4, -0.2) is 36.5 Å². The summed E-state index contributed by atoms with van der Waals surface area (Å²) in [5.41, 5.74) is 4.17. The van der Waals surface area contributed by atoms with Gasteiger partial charge in [0.1, 0.15) is 5.75 Å². The van der Waals surface area contributed by atoms with Crippen LogP contribution in [0.2, 0.25) is 5.02 Å². The summed E-state index contributed by atoms with van der Waals surface area (Å²) in [4.78, 5) is 14.8. The Morgan fingerprint density at radius 3 is 2.16 bits per heavy atom. The third-order valence-electron chi connectivity index (χ3n) is 5.93. The average Bonchev–Trinajstić information content (AvgIpc) is 3.35. The van der Waals surface area contributed by atoms with E-state index in [1.54, 1.807) is 0 Å². The van der Waals surface area contributed by atoms with Crippen LogP contribution in [0.3, 0.4) is 0 Å². The van der Waals surface area contributed by atoms with Gasteiger partial charge in [0, 0.05) is 16.8 Å². The van der Waals surface area contributed by atoms with Crippen molar-refractivity contribution >= 4 is 23.2 Å². The third-order valence-corrected chi connectivity index (χ3v) is 6.19. The highest BCUT2D eigenvalue weighted by Gasteiger charge is 2.18. The van der Waals surface area contributed by atoms with Crippen molar-refractivity contribution in [1.82, 2.24) is 4.90 Å². The van der Waals surface area contributed by atoms with Crippen LogP contribution in [0.5, 0.6) is 5.75 Å². The maximum absolute atomic E-state index is 12.3. The summed E-state index contributed by atoms with van der Waals surface area (Å²) >= 11 is 5.95. The van der Waals surface area contributed by atoms with Crippen LogP contribution in [-0.2, 0) is 11.2 Å². The fourth-order valence-electron chi connectivity index (χ4n) is 4.11. The van der Waals surface area contributed by atoms with Crippen molar-refractivity contribution in [3.05, 3.63) is 83.4 Å². The molecule has 0 radical (unpaired) electrons. The minimum atomic E-state index is -0.184. The molecular weight excluding hydrogens is 420 g/mol. The molecule has 0 aliphatic carbocycles. The lowest BCUT2D eigenvalue weighted by molar-refractivity contribution is -0.118. The van der Waals surface area contributed by atoms with Gasteiger partial charge in [0.05, 0.1) is 0 Å². The monoisotopic (exact) mass is 448 g/mol. The van der Waals surface area contributed by atoms with E-state index in [2.05, 4.69) is 29.3 Å². The maximum atomic E-state index is 12.3. The molecule has 1 atom stereocenters. The molecule has 166 valence electrons. The first-order valence-corrected chi connectivity index (χ1v) is 11.6. The first-order chi connectivity index (χ1) is 15.6. The van der Waals surface area contributed by atoms with Crippen LogP contribution in [0.1, 0.15) is 25.3 Å². The van der Waals surface area contributed by atoms with E-state index in [1.807, 2.05) is 60.7 Å². The smallest absolute Gasteiger partial charge is 0.262 e. The molecule has 5 heteroatoms. The van der Waals surface area contributed by atoms with Crippen molar-refractivity contribution in [3.8, 4) is 16.9 Å². The molecule has 0 aromatic heterocycles. The van der Waals surface area contributed by atoms with Gasteiger partial charge in [-0.05, 0) is 92.4 Å². The molecule has 32 heavy (non-hydrogen) atoms. The van der Waals surface area contributed by atoms with Gasteiger partial charge in [-0.15, -0.1) is 0 Å². The summed E-state index contributed by atoms with van der Waals surface area (Å²) < 4.78 is 5.67. The highest BCUT2D eigenvalue weighted by atomic mass is 35.5. The summed E-state index contributed by atoms with van der Waals surface area (Å²) in [6, 6.07) is 24.0. The number of nitrogens with one attached hydrogen (secondary N) is 1. The van der Waals surface area contributed by atoms with Crippen molar-refractivity contribution in [3.63, 3.8) is 0 Å². The van der Waals surface area contributed by atoms with E-state index in [-0.39, 0.29) is 12.5 Å². The number of benzene rings is 3. The number of carbonyl (C=O) groups excluding carboxylic acids is 1. The van der Waals surface area contributed by atoms with Crippen LogP contribution < -0.4 is 10.1 Å². The Balaban J connectivity index is 1.24. The third kappa shape index (κ3) is 6.12.